The summed E-state index contributed by atoms with van der Waals surface area (Å²) in [6.45, 7) is 5.91. The summed E-state index contributed by atoms with van der Waals surface area (Å²) in [4.78, 5) is 0. The Labute approximate surface area is 120 Å². The third-order valence-corrected chi connectivity index (χ3v) is 4.19. The Kier molecular flexibility index (Phi) is 5.83. The van der Waals surface area contributed by atoms with Gasteiger partial charge < -0.3 is 8.92 Å². The van der Waals surface area contributed by atoms with E-state index >= 15 is 0 Å². The molecule has 0 fully saturated rings. The Balaban J connectivity index is 2.99. The zero-order valence-corrected chi connectivity index (χ0v) is 12.7. The monoisotopic (exact) mass is 297 g/mol. The van der Waals surface area contributed by atoms with E-state index in [1.54, 1.807) is 6.92 Å². The van der Waals surface area contributed by atoms with E-state index in [2.05, 4.69) is 0 Å². The SMILES string of the molecule is CCOc1cc(C#N)ccc1OS(=O)(=O)CC(C)CC. The fourth-order valence-electron chi connectivity index (χ4n) is 1.55. The molecule has 1 aromatic rings. The molecule has 5 nitrogen and oxygen atoms in total. The van der Waals surface area contributed by atoms with Crippen molar-refractivity contribution >= 4 is 10.1 Å². The third-order valence-electron chi connectivity index (χ3n) is 2.77. The largest absolute Gasteiger partial charge is 0.490 e. The van der Waals surface area contributed by atoms with Gasteiger partial charge in [-0.25, -0.2) is 0 Å². The first-order valence-corrected chi connectivity index (χ1v) is 8.08. The van der Waals surface area contributed by atoms with Crippen LogP contribution in [0.5, 0.6) is 11.5 Å². The van der Waals surface area contributed by atoms with Gasteiger partial charge in [0.15, 0.2) is 11.5 Å². The minimum absolute atomic E-state index is 0.0222. The van der Waals surface area contributed by atoms with Gasteiger partial charge in [0.2, 0.25) is 0 Å². The summed E-state index contributed by atoms with van der Waals surface area (Å²) < 4.78 is 34.3. The van der Waals surface area contributed by atoms with Crippen LogP contribution in [0.4, 0.5) is 0 Å². The average molecular weight is 297 g/mol. The first kappa shape index (κ1) is 16.3. The summed E-state index contributed by atoms with van der Waals surface area (Å²) >= 11 is 0. The number of hydrogen-bond donors (Lipinski definition) is 0. The average Bonchev–Trinajstić information content (AvgIpc) is 2.40. The lowest BCUT2D eigenvalue weighted by Crippen LogP contribution is -2.19. The second-order valence-corrected chi connectivity index (χ2v) is 6.14. The molecule has 0 saturated carbocycles. The van der Waals surface area contributed by atoms with Crippen molar-refractivity contribution in [3.05, 3.63) is 23.8 Å². The zero-order valence-electron chi connectivity index (χ0n) is 11.9. The molecule has 0 saturated heterocycles. The molecule has 0 amide bonds. The number of rotatable bonds is 7. The predicted molar refractivity (Wildman–Crippen MR) is 76.2 cm³/mol. The number of nitriles is 1. The molecule has 6 heteroatoms. The Hall–Kier alpha value is -1.74. The van der Waals surface area contributed by atoms with Crippen molar-refractivity contribution in [3.8, 4) is 17.6 Å². The van der Waals surface area contributed by atoms with Crippen LogP contribution in [-0.4, -0.2) is 20.8 Å². The molecule has 1 rings (SSSR count). The van der Waals surface area contributed by atoms with E-state index in [9.17, 15) is 8.42 Å². The summed E-state index contributed by atoms with van der Waals surface area (Å²) in [7, 11) is -3.67. The highest BCUT2D eigenvalue weighted by molar-refractivity contribution is 7.87. The fourth-order valence-corrected chi connectivity index (χ4v) is 2.96. The smallest absolute Gasteiger partial charge is 0.309 e. The van der Waals surface area contributed by atoms with E-state index in [4.69, 9.17) is 14.2 Å². The van der Waals surface area contributed by atoms with Crippen molar-refractivity contribution in [1.82, 2.24) is 0 Å². The maximum absolute atomic E-state index is 11.9. The maximum Gasteiger partial charge on any atom is 0.309 e. The van der Waals surface area contributed by atoms with Crippen LogP contribution < -0.4 is 8.92 Å². The van der Waals surface area contributed by atoms with Gasteiger partial charge in [-0.2, -0.15) is 13.7 Å². The molecule has 20 heavy (non-hydrogen) atoms. The van der Waals surface area contributed by atoms with Gasteiger partial charge in [0, 0.05) is 6.07 Å². The summed E-state index contributed by atoms with van der Waals surface area (Å²) in [5.74, 6) is 0.358. The normalized spacial score (nSPS) is 12.5. The van der Waals surface area contributed by atoms with Gasteiger partial charge in [-0.1, -0.05) is 20.3 Å². The van der Waals surface area contributed by atoms with Crippen molar-refractivity contribution in [3.63, 3.8) is 0 Å². The van der Waals surface area contributed by atoms with Gasteiger partial charge in [-0.15, -0.1) is 0 Å². The van der Waals surface area contributed by atoms with E-state index in [-0.39, 0.29) is 23.2 Å². The molecule has 0 radical (unpaired) electrons. The molecule has 0 bridgehead atoms. The second-order valence-electron chi connectivity index (χ2n) is 4.53. The molecule has 0 aliphatic carbocycles. The number of nitrogens with zero attached hydrogens (tertiary/aromatic N) is 1. The molecule has 0 aromatic heterocycles. The van der Waals surface area contributed by atoms with Crippen LogP contribution in [-0.2, 0) is 10.1 Å². The first-order valence-electron chi connectivity index (χ1n) is 6.51. The summed E-state index contributed by atoms with van der Waals surface area (Å²) in [5, 5.41) is 8.84. The molecule has 0 spiro atoms. The number of hydrogen-bond acceptors (Lipinski definition) is 5. The van der Waals surface area contributed by atoms with Crippen LogP contribution in [0.2, 0.25) is 0 Å². The van der Waals surface area contributed by atoms with Crippen molar-refractivity contribution in [2.45, 2.75) is 27.2 Å². The number of benzene rings is 1. The topological polar surface area (TPSA) is 76.4 Å². The molecule has 1 atom stereocenters. The molecule has 1 unspecified atom stereocenters. The lowest BCUT2D eigenvalue weighted by Gasteiger charge is -2.13. The minimum Gasteiger partial charge on any atom is -0.490 e. The summed E-state index contributed by atoms with van der Waals surface area (Å²) in [6.07, 6.45) is 0.758. The molecule has 0 heterocycles. The lowest BCUT2D eigenvalue weighted by atomic mass is 10.2. The second kappa shape index (κ2) is 7.15. The van der Waals surface area contributed by atoms with Crippen LogP contribution in [0.15, 0.2) is 18.2 Å². The molecule has 0 aliphatic rings. The standard InChI is InChI=1S/C14H19NO4S/c1-4-11(3)10-20(16,17)19-13-7-6-12(9-15)8-14(13)18-5-2/h6-8,11H,4-5,10H2,1-3H3. The Bertz CT molecular complexity index is 590. The van der Waals surface area contributed by atoms with Crippen LogP contribution in [0, 0.1) is 17.2 Å². The Morgan fingerprint density at radius 2 is 2.00 bits per heavy atom. The Morgan fingerprint density at radius 1 is 1.30 bits per heavy atom. The molecular weight excluding hydrogens is 278 g/mol. The van der Waals surface area contributed by atoms with Gasteiger partial charge >= 0.3 is 10.1 Å². The molecule has 1 aromatic carbocycles. The zero-order chi connectivity index (χ0) is 15.2. The molecule has 0 N–H and O–H groups in total. The van der Waals surface area contributed by atoms with Crippen LogP contribution in [0.25, 0.3) is 0 Å². The van der Waals surface area contributed by atoms with Crippen molar-refractivity contribution in [2.75, 3.05) is 12.4 Å². The van der Waals surface area contributed by atoms with Gasteiger partial charge in [0.25, 0.3) is 0 Å². The molecule has 0 aliphatic heterocycles. The lowest BCUT2D eigenvalue weighted by molar-refractivity contribution is 0.327. The highest BCUT2D eigenvalue weighted by Crippen LogP contribution is 2.30. The van der Waals surface area contributed by atoms with Crippen LogP contribution in [0.1, 0.15) is 32.8 Å². The maximum atomic E-state index is 11.9. The Morgan fingerprint density at radius 3 is 2.55 bits per heavy atom. The van der Waals surface area contributed by atoms with E-state index in [1.807, 2.05) is 19.9 Å². The fraction of sp³-hybridized carbons (Fsp3) is 0.500. The molecule has 110 valence electrons. The van der Waals surface area contributed by atoms with Crippen molar-refractivity contribution < 1.29 is 17.3 Å². The predicted octanol–water partition coefficient (Wildman–Crippen LogP) is 2.71. The van der Waals surface area contributed by atoms with Gasteiger partial charge in [0.05, 0.1) is 24.0 Å². The third kappa shape index (κ3) is 4.74. The van der Waals surface area contributed by atoms with Crippen molar-refractivity contribution in [2.24, 2.45) is 5.92 Å². The van der Waals surface area contributed by atoms with E-state index in [0.717, 1.165) is 6.42 Å². The van der Waals surface area contributed by atoms with Crippen LogP contribution in [0.3, 0.4) is 0 Å². The van der Waals surface area contributed by atoms with Gasteiger partial charge in [0.1, 0.15) is 0 Å². The van der Waals surface area contributed by atoms with E-state index in [0.29, 0.717) is 12.2 Å². The molecular formula is C14H19NO4S. The minimum atomic E-state index is -3.67. The van der Waals surface area contributed by atoms with Gasteiger partial charge in [-0.3, -0.25) is 0 Å². The van der Waals surface area contributed by atoms with Gasteiger partial charge in [-0.05, 0) is 25.0 Å². The number of ether oxygens (including phenoxy) is 1. The van der Waals surface area contributed by atoms with E-state index in [1.165, 1.54) is 18.2 Å². The summed E-state index contributed by atoms with van der Waals surface area (Å²) in [5.41, 5.74) is 0.389. The highest BCUT2D eigenvalue weighted by atomic mass is 32.2. The van der Waals surface area contributed by atoms with Crippen molar-refractivity contribution in [1.29, 1.82) is 5.26 Å². The van der Waals surface area contributed by atoms with E-state index < -0.39 is 10.1 Å². The highest BCUT2D eigenvalue weighted by Gasteiger charge is 2.19. The summed E-state index contributed by atoms with van der Waals surface area (Å²) in [6, 6.07) is 6.38. The quantitative estimate of drug-likeness (QED) is 0.723. The first-order chi connectivity index (χ1) is 9.41. The van der Waals surface area contributed by atoms with Crippen LogP contribution >= 0.6 is 0 Å².